The second kappa shape index (κ2) is 8.35. The zero-order valence-electron chi connectivity index (χ0n) is 15.0. The van der Waals surface area contributed by atoms with Crippen LogP contribution in [0, 0.1) is 5.92 Å². The molecule has 140 valence electrons. The van der Waals surface area contributed by atoms with Crippen LogP contribution in [0.3, 0.4) is 0 Å². The number of anilines is 1. The van der Waals surface area contributed by atoms with E-state index in [1.54, 1.807) is 59.5 Å². The number of hydrogen-bond acceptors (Lipinski definition) is 4. The van der Waals surface area contributed by atoms with Gasteiger partial charge in [-0.2, -0.15) is 0 Å². The standard InChI is InChI=1S/C20H21N3O4/c1-2-27-17-10-8-16(9-11-17)23-13-15(12-18(23)24)20(26)22-21-19(25)14-6-4-3-5-7-14/h3-11,15H,2,12-13H2,1H3,(H,21,25)(H,22,26)/t15-/m1/s1. The molecule has 0 bridgehead atoms. The number of amides is 3. The first kappa shape index (κ1) is 18.4. The highest BCUT2D eigenvalue weighted by atomic mass is 16.5. The van der Waals surface area contributed by atoms with Crippen LogP contribution in [0.2, 0.25) is 0 Å². The summed E-state index contributed by atoms with van der Waals surface area (Å²) >= 11 is 0. The summed E-state index contributed by atoms with van der Waals surface area (Å²) in [7, 11) is 0. The summed E-state index contributed by atoms with van der Waals surface area (Å²) < 4.78 is 5.39. The number of nitrogens with zero attached hydrogens (tertiary/aromatic N) is 1. The number of rotatable bonds is 5. The van der Waals surface area contributed by atoms with Crippen molar-refractivity contribution in [3.8, 4) is 5.75 Å². The van der Waals surface area contributed by atoms with Gasteiger partial charge in [-0.25, -0.2) is 0 Å². The van der Waals surface area contributed by atoms with E-state index in [2.05, 4.69) is 10.9 Å². The Hall–Kier alpha value is -3.35. The average Bonchev–Trinajstić information content (AvgIpc) is 3.09. The van der Waals surface area contributed by atoms with Crippen molar-refractivity contribution < 1.29 is 19.1 Å². The van der Waals surface area contributed by atoms with Gasteiger partial charge in [0, 0.05) is 24.2 Å². The van der Waals surface area contributed by atoms with Crippen molar-refractivity contribution >= 4 is 23.4 Å². The molecular weight excluding hydrogens is 346 g/mol. The number of carbonyl (C=O) groups excluding carboxylic acids is 3. The van der Waals surface area contributed by atoms with Gasteiger partial charge in [-0.1, -0.05) is 18.2 Å². The van der Waals surface area contributed by atoms with Crippen LogP contribution in [0.15, 0.2) is 54.6 Å². The number of ether oxygens (including phenoxy) is 1. The molecule has 27 heavy (non-hydrogen) atoms. The van der Waals surface area contributed by atoms with Crippen LogP contribution in [0.1, 0.15) is 23.7 Å². The van der Waals surface area contributed by atoms with E-state index in [0.717, 1.165) is 5.75 Å². The molecule has 7 nitrogen and oxygen atoms in total. The van der Waals surface area contributed by atoms with Gasteiger partial charge in [0.15, 0.2) is 0 Å². The minimum Gasteiger partial charge on any atom is -0.494 e. The number of hydrazine groups is 1. The van der Waals surface area contributed by atoms with Crippen LogP contribution >= 0.6 is 0 Å². The molecule has 1 atom stereocenters. The maximum atomic E-state index is 12.3. The topological polar surface area (TPSA) is 87.7 Å². The van der Waals surface area contributed by atoms with Crippen molar-refractivity contribution in [2.24, 2.45) is 5.92 Å². The third kappa shape index (κ3) is 4.44. The van der Waals surface area contributed by atoms with E-state index in [0.29, 0.717) is 17.9 Å². The van der Waals surface area contributed by atoms with Gasteiger partial charge in [0.2, 0.25) is 11.8 Å². The Labute approximate surface area is 157 Å². The molecule has 0 aliphatic carbocycles. The van der Waals surface area contributed by atoms with Gasteiger partial charge in [-0.3, -0.25) is 25.2 Å². The van der Waals surface area contributed by atoms with Gasteiger partial charge in [0.25, 0.3) is 5.91 Å². The molecule has 2 aromatic rings. The predicted octanol–water partition coefficient (Wildman–Crippen LogP) is 1.90. The van der Waals surface area contributed by atoms with Gasteiger partial charge in [0.05, 0.1) is 12.5 Å². The molecule has 3 rings (SSSR count). The van der Waals surface area contributed by atoms with E-state index in [9.17, 15) is 14.4 Å². The van der Waals surface area contributed by atoms with Crippen LogP contribution in [-0.2, 0) is 9.59 Å². The van der Waals surface area contributed by atoms with Gasteiger partial charge < -0.3 is 9.64 Å². The number of nitrogens with one attached hydrogen (secondary N) is 2. The Kier molecular flexibility index (Phi) is 5.71. The minimum atomic E-state index is -0.528. The van der Waals surface area contributed by atoms with Gasteiger partial charge in [-0.15, -0.1) is 0 Å². The first-order chi connectivity index (χ1) is 13.1. The molecule has 3 amide bonds. The quantitative estimate of drug-likeness (QED) is 0.790. The summed E-state index contributed by atoms with van der Waals surface area (Å²) in [6, 6.07) is 15.7. The lowest BCUT2D eigenvalue weighted by molar-refractivity contribution is -0.126. The lowest BCUT2D eigenvalue weighted by Gasteiger charge is -2.17. The Bertz CT molecular complexity index is 821. The van der Waals surface area contributed by atoms with E-state index >= 15 is 0 Å². The highest BCUT2D eigenvalue weighted by Gasteiger charge is 2.35. The van der Waals surface area contributed by atoms with Crippen molar-refractivity contribution in [3.63, 3.8) is 0 Å². The molecule has 0 radical (unpaired) electrons. The van der Waals surface area contributed by atoms with Crippen molar-refractivity contribution in [2.75, 3.05) is 18.1 Å². The summed E-state index contributed by atoms with van der Waals surface area (Å²) in [6.45, 7) is 2.73. The van der Waals surface area contributed by atoms with Crippen molar-refractivity contribution in [1.29, 1.82) is 0 Å². The maximum absolute atomic E-state index is 12.3. The summed E-state index contributed by atoms with van der Waals surface area (Å²) in [5, 5.41) is 0. The molecule has 0 aromatic heterocycles. The SMILES string of the molecule is CCOc1ccc(N2C[C@H](C(=O)NNC(=O)c3ccccc3)CC2=O)cc1. The predicted molar refractivity (Wildman–Crippen MR) is 100 cm³/mol. The Morgan fingerprint density at radius 1 is 1.07 bits per heavy atom. The molecule has 0 saturated carbocycles. The van der Waals surface area contributed by atoms with E-state index in [4.69, 9.17) is 4.74 Å². The summed E-state index contributed by atoms with van der Waals surface area (Å²) in [5.41, 5.74) is 5.94. The van der Waals surface area contributed by atoms with E-state index in [1.807, 2.05) is 6.92 Å². The maximum Gasteiger partial charge on any atom is 0.269 e. The highest BCUT2D eigenvalue weighted by Crippen LogP contribution is 2.26. The minimum absolute atomic E-state index is 0.0975. The number of carbonyl (C=O) groups is 3. The van der Waals surface area contributed by atoms with E-state index in [-0.39, 0.29) is 24.8 Å². The normalized spacial score (nSPS) is 16.1. The van der Waals surface area contributed by atoms with Crippen molar-refractivity contribution in [2.45, 2.75) is 13.3 Å². The Morgan fingerprint density at radius 3 is 2.44 bits per heavy atom. The van der Waals surface area contributed by atoms with Crippen LogP contribution in [0.25, 0.3) is 0 Å². The second-order valence-electron chi connectivity index (χ2n) is 6.14. The van der Waals surface area contributed by atoms with Gasteiger partial charge >= 0.3 is 0 Å². The summed E-state index contributed by atoms with van der Waals surface area (Å²) in [4.78, 5) is 38.2. The molecule has 1 saturated heterocycles. The molecular formula is C20H21N3O4. The molecule has 2 aromatic carbocycles. The molecule has 0 spiro atoms. The van der Waals surface area contributed by atoms with Crippen LogP contribution in [0.4, 0.5) is 5.69 Å². The highest BCUT2D eigenvalue weighted by molar-refractivity contribution is 6.01. The molecule has 1 aliphatic rings. The van der Waals surface area contributed by atoms with E-state index in [1.165, 1.54) is 0 Å². The van der Waals surface area contributed by atoms with Crippen molar-refractivity contribution in [3.05, 3.63) is 60.2 Å². The van der Waals surface area contributed by atoms with Crippen LogP contribution in [-0.4, -0.2) is 30.9 Å². The first-order valence-corrected chi connectivity index (χ1v) is 8.77. The van der Waals surface area contributed by atoms with Crippen LogP contribution < -0.4 is 20.5 Å². The number of benzene rings is 2. The zero-order chi connectivity index (χ0) is 19.2. The Morgan fingerprint density at radius 2 is 1.78 bits per heavy atom. The Balaban J connectivity index is 1.56. The fourth-order valence-corrected chi connectivity index (χ4v) is 2.90. The molecule has 1 fully saturated rings. The second-order valence-corrected chi connectivity index (χ2v) is 6.14. The first-order valence-electron chi connectivity index (χ1n) is 8.77. The fourth-order valence-electron chi connectivity index (χ4n) is 2.90. The monoisotopic (exact) mass is 367 g/mol. The van der Waals surface area contributed by atoms with Gasteiger partial charge in [0.1, 0.15) is 5.75 Å². The van der Waals surface area contributed by atoms with Gasteiger partial charge in [-0.05, 0) is 43.3 Å². The lowest BCUT2D eigenvalue weighted by atomic mass is 10.1. The smallest absolute Gasteiger partial charge is 0.269 e. The molecule has 1 heterocycles. The third-order valence-electron chi connectivity index (χ3n) is 4.29. The largest absolute Gasteiger partial charge is 0.494 e. The molecule has 7 heteroatoms. The van der Waals surface area contributed by atoms with Crippen LogP contribution in [0.5, 0.6) is 5.75 Å². The zero-order valence-corrected chi connectivity index (χ0v) is 15.0. The summed E-state index contributed by atoms with van der Waals surface area (Å²) in [5.74, 6) is -0.725. The van der Waals surface area contributed by atoms with E-state index < -0.39 is 11.8 Å². The number of hydrogen-bond donors (Lipinski definition) is 2. The lowest BCUT2D eigenvalue weighted by Crippen LogP contribution is -2.45. The fraction of sp³-hybridized carbons (Fsp3) is 0.250. The molecule has 2 N–H and O–H groups in total. The third-order valence-corrected chi connectivity index (χ3v) is 4.29. The van der Waals surface area contributed by atoms with Crippen molar-refractivity contribution in [1.82, 2.24) is 10.9 Å². The molecule has 0 unspecified atom stereocenters. The summed E-state index contributed by atoms with van der Waals surface area (Å²) in [6.07, 6.45) is 0.0975. The molecule has 1 aliphatic heterocycles. The average molecular weight is 367 g/mol.